The van der Waals surface area contributed by atoms with Crippen LogP contribution in [0.3, 0.4) is 0 Å². The number of rotatable bonds is 6. The van der Waals surface area contributed by atoms with Crippen LogP contribution < -0.4 is 0 Å². The smallest absolute Gasteiger partial charge is 0.243 e. The number of benzene rings is 2. The molecule has 5 nitrogen and oxygen atoms in total. The summed E-state index contributed by atoms with van der Waals surface area (Å²) in [6, 6.07) is 12.5. The summed E-state index contributed by atoms with van der Waals surface area (Å²) in [5.74, 6) is -0.706. The lowest BCUT2D eigenvalue weighted by molar-refractivity contribution is -0.165. The monoisotopic (exact) mass is 405 g/mol. The van der Waals surface area contributed by atoms with E-state index in [9.17, 15) is 14.4 Å². The summed E-state index contributed by atoms with van der Waals surface area (Å²) in [5, 5.41) is 10.2. The average Bonchev–Trinajstić information content (AvgIpc) is 2.69. The van der Waals surface area contributed by atoms with E-state index in [4.69, 9.17) is 9.47 Å². The number of nitrogens with zero attached hydrogens (tertiary/aromatic N) is 1. The molecule has 3 rings (SSSR count). The Morgan fingerprint density at radius 3 is 2.50 bits per heavy atom. The van der Waals surface area contributed by atoms with Crippen molar-refractivity contribution in [1.29, 1.82) is 0 Å². The van der Waals surface area contributed by atoms with E-state index in [1.54, 1.807) is 13.2 Å². The molecule has 1 amide bonds. The van der Waals surface area contributed by atoms with Gasteiger partial charge in [0, 0.05) is 49.9 Å². The maximum absolute atomic E-state index is 14.3. The van der Waals surface area contributed by atoms with Crippen LogP contribution in [0.2, 0.25) is 0 Å². The van der Waals surface area contributed by atoms with Gasteiger partial charge >= 0.3 is 0 Å². The van der Waals surface area contributed by atoms with Crippen LogP contribution in [-0.4, -0.2) is 36.5 Å². The van der Waals surface area contributed by atoms with E-state index in [1.807, 2.05) is 30.3 Å². The molecule has 1 saturated heterocycles. The zero-order valence-electron chi connectivity index (χ0n) is 16.0. The predicted molar refractivity (Wildman–Crippen MR) is 104 cm³/mol. The lowest BCUT2D eigenvalue weighted by Crippen LogP contribution is -2.35. The summed E-state index contributed by atoms with van der Waals surface area (Å²) >= 11 is 1.45. The summed E-state index contributed by atoms with van der Waals surface area (Å²) in [5.41, 5.74) is 1.12. The van der Waals surface area contributed by atoms with Gasteiger partial charge in [0.1, 0.15) is 5.82 Å². The highest BCUT2D eigenvalue weighted by Gasteiger charge is 2.35. The van der Waals surface area contributed by atoms with E-state index < -0.39 is 11.5 Å². The number of hydroxylamine groups is 2. The number of amides is 1. The minimum absolute atomic E-state index is 0.128. The van der Waals surface area contributed by atoms with Gasteiger partial charge in [-0.15, -0.1) is 0 Å². The van der Waals surface area contributed by atoms with Crippen molar-refractivity contribution >= 4 is 17.7 Å². The van der Waals surface area contributed by atoms with E-state index in [0.29, 0.717) is 31.1 Å². The number of ether oxygens (including phenoxy) is 2. The molecule has 0 atom stereocenters. The second-order valence-corrected chi connectivity index (χ2v) is 7.96. The lowest BCUT2D eigenvalue weighted by atomic mass is 9.86. The van der Waals surface area contributed by atoms with Crippen molar-refractivity contribution in [3.05, 3.63) is 59.4 Å². The highest BCUT2D eigenvalue weighted by Crippen LogP contribution is 2.38. The molecule has 0 aromatic heterocycles. The Kier molecular flexibility index (Phi) is 6.72. The SMILES string of the molecule is COC1(c2cc(F)cc(Sc3ccc(CN(O)C(C)=O)cc3)c2)CCOCC1. The van der Waals surface area contributed by atoms with E-state index >= 15 is 0 Å². The van der Waals surface area contributed by atoms with Crippen molar-refractivity contribution in [3.8, 4) is 0 Å². The number of carbonyl (C=O) groups excluding carboxylic acids is 1. The summed E-state index contributed by atoms with van der Waals surface area (Å²) in [6.07, 6.45) is 1.39. The lowest BCUT2D eigenvalue weighted by Gasteiger charge is -2.36. The fraction of sp³-hybridized carbons (Fsp3) is 0.381. The van der Waals surface area contributed by atoms with Crippen molar-refractivity contribution in [2.45, 2.75) is 41.7 Å². The van der Waals surface area contributed by atoms with Crippen LogP contribution in [0.15, 0.2) is 52.3 Å². The Labute approximate surface area is 168 Å². The number of methoxy groups -OCH3 is 1. The topological polar surface area (TPSA) is 59.0 Å². The van der Waals surface area contributed by atoms with Crippen molar-refractivity contribution in [3.63, 3.8) is 0 Å². The van der Waals surface area contributed by atoms with Gasteiger partial charge in [0.2, 0.25) is 5.91 Å². The molecular weight excluding hydrogens is 381 g/mol. The fourth-order valence-electron chi connectivity index (χ4n) is 3.28. The van der Waals surface area contributed by atoms with Crippen molar-refractivity contribution in [2.24, 2.45) is 0 Å². The van der Waals surface area contributed by atoms with E-state index in [0.717, 1.165) is 20.9 Å². The van der Waals surface area contributed by atoms with Crippen LogP contribution in [0.1, 0.15) is 30.9 Å². The first-order valence-corrected chi connectivity index (χ1v) is 9.91. The second kappa shape index (κ2) is 9.05. The zero-order chi connectivity index (χ0) is 20.1. The van der Waals surface area contributed by atoms with Gasteiger partial charge in [-0.2, -0.15) is 0 Å². The first-order chi connectivity index (χ1) is 13.4. The maximum Gasteiger partial charge on any atom is 0.243 e. The van der Waals surface area contributed by atoms with Gasteiger partial charge in [0.05, 0.1) is 12.1 Å². The van der Waals surface area contributed by atoms with Gasteiger partial charge in [-0.1, -0.05) is 23.9 Å². The molecule has 2 aromatic carbocycles. The molecule has 1 aliphatic heterocycles. The predicted octanol–water partition coefficient (Wildman–Crippen LogP) is 4.37. The van der Waals surface area contributed by atoms with Gasteiger partial charge in [0.15, 0.2) is 0 Å². The van der Waals surface area contributed by atoms with E-state index in [2.05, 4.69) is 0 Å². The summed E-state index contributed by atoms with van der Waals surface area (Å²) in [7, 11) is 1.66. The Morgan fingerprint density at radius 2 is 1.89 bits per heavy atom. The van der Waals surface area contributed by atoms with Crippen molar-refractivity contribution in [2.75, 3.05) is 20.3 Å². The highest BCUT2D eigenvalue weighted by molar-refractivity contribution is 7.99. The molecule has 1 heterocycles. The molecule has 1 fully saturated rings. The third-order valence-corrected chi connectivity index (χ3v) is 5.92. The molecule has 0 aliphatic carbocycles. The van der Waals surface area contributed by atoms with Gasteiger partial charge in [-0.25, -0.2) is 9.45 Å². The zero-order valence-corrected chi connectivity index (χ0v) is 16.8. The van der Waals surface area contributed by atoms with E-state index in [-0.39, 0.29) is 12.4 Å². The van der Waals surface area contributed by atoms with Crippen LogP contribution in [0.4, 0.5) is 4.39 Å². The van der Waals surface area contributed by atoms with Gasteiger partial charge in [-0.3, -0.25) is 10.0 Å². The standard InChI is InChI=1S/C21H24FNO4S/c1-15(24)23(25)14-16-3-5-19(6-4-16)28-20-12-17(11-18(22)13-20)21(26-2)7-9-27-10-8-21/h3-6,11-13,25H,7-10,14H2,1-2H3. The fourth-order valence-corrected chi connectivity index (χ4v) is 4.18. The van der Waals surface area contributed by atoms with Crippen LogP contribution in [0.5, 0.6) is 0 Å². The molecule has 0 unspecified atom stereocenters. The molecule has 1 aliphatic rings. The third-order valence-electron chi connectivity index (χ3n) is 4.94. The van der Waals surface area contributed by atoms with Gasteiger partial charge in [0.25, 0.3) is 0 Å². The molecular formula is C21H24FNO4S. The molecule has 0 radical (unpaired) electrons. The number of hydrogen-bond donors (Lipinski definition) is 1. The average molecular weight is 405 g/mol. The number of carbonyl (C=O) groups is 1. The summed E-state index contributed by atoms with van der Waals surface area (Å²) in [6.45, 7) is 2.62. The molecule has 7 heteroatoms. The van der Waals surface area contributed by atoms with Crippen LogP contribution in [0.25, 0.3) is 0 Å². The summed E-state index contributed by atoms with van der Waals surface area (Å²) < 4.78 is 25.5. The Bertz CT molecular complexity index is 822. The molecule has 0 spiro atoms. The molecule has 150 valence electrons. The highest BCUT2D eigenvalue weighted by atomic mass is 32.2. The molecule has 0 saturated carbocycles. The third kappa shape index (κ3) is 4.91. The largest absolute Gasteiger partial charge is 0.381 e. The van der Waals surface area contributed by atoms with Crippen LogP contribution in [0, 0.1) is 5.82 Å². The van der Waals surface area contributed by atoms with Gasteiger partial charge in [-0.05, 0) is 41.5 Å². The molecule has 28 heavy (non-hydrogen) atoms. The Hall–Kier alpha value is -1.93. The van der Waals surface area contributed by atoms with Crippen LogP contribution >= 0.6 is 11.8 Å². The minimum atomic E-state index is -0.517. The molecule has 2 aromatic rings. The number of halogens is 1. The first kappa shape index (κ1) is 20.8. The van der Waals surface area contributed by atoms with Crippen molar-refractivity contribution in [1.82, 2.24) is 5.06 Å². The second-order valence-electron chi connectivity index (χ2n) is 6.81. The molecule has 1 N–H and O–H groups in total. The van der Waals surface area contributed by atoms with E-state index in [1.165, 1.54) is 24.8 Å². The normalized spacial score (nSPS) is 16.0. The Balaban J connectivity index is 1.77. The molecule has 0 bridgehead atoms. The first-order valence-electron chi connectivity index (χ1n) is 9.09. The van der Waals surface area contributed by atoms with Gasteiger partial charge < -0.3 is 9.47 Å². The van der Waals surface area contributed by atoms with Crippen molar-refractivity contribution < 1.29 is 23.9 Å². The quantitative estimate of drug-likeness (QED) is 0.571. The maximum atomic E-state index is 14.3. The minimum Gasteiger partial charge on any atom is -0.381 e. The summed E-state index contributed by atoms with van der Waals surface area (Å²) in [4.78, 5) is 12.8. The van der Waals surface area contributed by atoms with Crippen LogP contribution in [-0.2, 0) is 26.4 Å². The Morgan fingerprint density at radius 1 is 1.21 bits per heavy atom. The number of hydrogen-bond acceptors (Lipinski definition) is 5.